The van der Waals surface area contributed by atoms with Crippen molar-refractivity contribution in [1.82, 2.24) is 5.32 Å². The SMILES string of the molecule is C=C(C)C(=O)NC1CC2C(N)CC1(C)C2(C)C. The maximum atomic E-state index is 11.8. The highest BCUT2D eigenvalue weighted by molar-refractivity contribution is 5.92. The molecule has 3 heteroatoms. The number of hydrogen-bond donors (Lipinski definition) is 2. The minimum atomic E-state index is -0.0202. The van der Waals surface area contributed by atoms with Crippen molar-refractivity contribution in [2.45, 2.75) is 52.6 Å². The van der Waals surface area contributed by atoms with Gasteiger partial charge in [0.15, 0.2) is 0 Å². The summed E-state index contributed by atoms with van der Waals surface area (Å²) in [6, 6.07) is 0.527. The average Bonchev–Trinajstić information content (AvgIpc) is 2.47. The zero-order valence-corrected chi connectivity index (χ0v) is 11.3. The molecule has 0 aromatic heterocycles. The number of nitrogens with two attached hydrogens (primary N) is 1. The smallest absolute Gasteiger partial charge is 0.246 e. The predicted octanol–water partition coefficient (Wildman–Crippen LogP) is 1.83. The van der Waals surface area contributed by atoms with Gasteiger partial charge in [-0.1, -0.05) is 27.4 Å². The van der Waals surface area contributed by atoms with E-state index >= 15 is 0 Å². The van der Waals surface area contributed by atoms with E-state index in [1.54, 1.807) is 6.92 Å². The monoisotopic (exact) mass is 236 g/mol. The third-order valence-corrected chi connectivity index (χ3v) is 5.53. The first-order valence-electron chi connectivity index (χ1n) is 6.42. The number of nitrogens with one attached hydrogen (secondary N) is 1. The van der Waals surface area contributed by atoms with Gasteiger partial charge in [-0.3, -0.25) is 4.79 Å². The number of hydrogen-bond acceptors (Lipinski definition) is 2. The molecule has 3 N–H and O–H groups in total. The van der Waals surface area contributed by atoms with Gasteiger partial charge in [-0.2, -0.15) is 0 Å². The van der Waals surface area contributed by atoms with Crippen LogP contribution in [0.5, 0.6) is 0 Å². The van der Waals surface area contributed by atoms with E-state index < -0.39 is 0 Å². The fourth-order valence-electron chi connectivity index (χ4n) is 3.93. The van der Waals surface area contributed by atoms with E-state index in [1.807, 2.05) is 0 Å². The van der Waals surface area contributed by atoms with Crippen molar-refractivity contribution in [2.75, 3.05) is 0 Å². The Bertz CT molecular complexity index is 374. The Kier molecular flexibility index (Phi) is 2.66. The Morgan fingerprint density at radius 3 is 2.35 bits per heavy atom. The van der Waals surface area contributed by atoms with E-state index in [4.69, 9.17) is 5.73 Å². The summed E-state index contributed by atoms with van der Waals surface area (Å²) in [5.74, 6) is 0.496. The average molecular weight is 236 g/mol. The Morgan fingerprint density at radius 1 is 1.41 bits per heavy atom. The lowest BCUT2D eigenvalue weighted by atomic mass is 9.69. The van der Waals surface area contributed by atoms with E-state index in [0.717, 1.165) is 12.8 Å². The van der Waals surface area contributed by atoms with E-state index in [0.29, 0.717) is 11.5 Å². The maximum Gasteiger partial charge on any atom is 0.246 e. The molecule has 0 aromatic rings. The van der Waals surface area contributed by atoms with Gasteiger partial charge in [-0.15, -0.1) is 0 Å². The van der Waals surface area contributed by atoms with Crippen LogP contribution in [0, 0.1) is 16.7 Å². The van der Waals surface area contributed by atoms with Gasteiger partial charge in [-0.25, -0.2) is 0 Å². The van der Waals surface area contributed by atoms with Gasteiger partial charge in [0.25, 0.3) is 0 Å². The van der Waals surface area contributed by atoms with Crippen molar-refractivity contribution in [2.24, 2.45) is 22.5 Å². The highest BCUT2D eigenvalue weighted by atomic mass is 16.1. The second kappa shape index (κ2) is 3.58. The van der Waals surface area contributed by atoms with Gasteiger partial charge in [0.05, 0.1) is 0 Å². The van der Waals surface area contributed by atoms with Crippen molar-refractivity contribution in [3.8, 4) is 0 Å². The minimum absolute atomic E-state index is 0.0202. The summed E-state index contributed by atoms with van der Waals surface area (Å²) < 4.78 is 0. The molecular formula is C14H24N2O. The van der Waals surface area contributed by atoms with Crippen LogP contribution < -0.4 is 11.1 Å². The van der Waals surface area contributed by atoms with Gasteiger partial charge in [0.2, 0.25) is 5.91 Å². The molecule has 2 aliphatic rings. The van der Waals surface area contributed by atoms with Crippen molar-refractivity contribution in [1.29, 1.82) is 0 Å². The van der Waals surface area contributed by atoms with Crippen molar-refractivity contribution in [3.63, 3.8) is 0 Å². The summed E-state index contributed by atoms with van der Waals surface area (Å²) in [5.41, 5.74) is 7.11. The van der Waals surface area contributed by atoms with Crippen LogP contribution in [0.15, 0.2) is 12.2 Å². The summed E-state index contributed by atoms with van der Waals surface area (Å²) in [5, 5.41) is 3.13. The molecule has 2 bridgehead atoms. The van der Waals surface area contributed by atoms with Crippen LogP contribution in [-0.4, -0.2) is 18.0 Å². The molecule has 0 saturated heterocycles. The summed E-state index contributed by atoms with van der Waals surface area (Å²) in [6.07, 6.45) is 2.01. The standard InChI is InChI=1S/C14H24N2O/c1-8(2)12(17)16-11-6-9-10(15)7-14(11,5)13(9,3)4/h9-11H,1,6-7,15H2,2-5H3,(H,16,17). The third kappa shape index (κ3) is 1.55. The van der Waals surface area contributed by atoms with Gasteiger partial charge >= 0.3 is 0 Å². The van der Waals surface area contributed by atoms with Crippen molar-refractivity contribution in [3.05, 3.63) is 12.2 Å². The van der Waals surface area contributed by atoms with E-state index in [9.17, 15) is 4.79 Å². The summed E-state index contributed by atoms with van der Waals surface area (Å²) in [6.45, 7) is 12.3. The van der Waals surface area contributed by atoms with E-state index in [-0.39, 0.29) is 28.8 Å². The molecule has 2 saturated carbocycles. The lowest BCUT2D eigenvalue weighted by molar-refractivity contribution is -0.119. The Hall–Kier alpha value is -0.830. The molecule has 3 nitrogen and oxygen atoms in total. The zero-order valence-electron chi connectivity index (χ0n) is 11.3. The fourth-order valence-corrected chi connectivity index (χ4v) is 3.93. The number of amides is 1. The topological polar surface area (TPSA) is 55.1 Å². The summed E-state index contributed by atoms with van der Waals surface area (Å²) >= 11 is 0. The number of rotatable bonds is 2. The minimum Gasteiger partial charge on any atom is -0.349 e. The first-order chi connectivity index (χ1) is 7.70. The second-order valence-corrected chi connectivity index (χ2v) is 6.66. The lowest BCUT2D eigenvalue weighted by Crippen LogP contribution is -2.48. The van der Waals surface area contributed by atoms with Crippen LogP contribution in [-0.2, 0) is 4.79 Å². The number of carbonyl (C=O) groups is 1. The highest BCUT2D eigenvalue weighted by Crippen LogP contribution is 2.64. The maximum absolute atomic E-state index is 11.8. The third-order valence-electron chi connectivity index (χ3n) is 5.53. The molecular weight excluding hydrogens is 212 g/mol. The Morgan fingerprint density at radius 2 is 2.00 bits per heavy atom. The quantitative estimate of drug-likeness (QED) is 0.719. The van der Waals surface area contributed by atoms with Gasteiger partial charge in [0, 0.05) is 17.7 Å². The van der Waals surface area contributed by atoms with Crippen LogP contribution >= 0.6 is 0 Å². The molecule has 2 rings (SSSR count). The lowest BCUT2D eigenvalue weighted by Gasteiger charge is -2.39. The van der Waals surface area contributed by atoms with Gasteiger partial charge in [-0.05, 0) is 36.5 Å². The van der Waals surface area contributed by atoms with Crippen LogP contribution in [0.4, 0.5) is 0 Å². The molecule has 1 amide bonds. The fraction of sp³-hybridized carbons (Fsp3) is 0.786. The molecule has 4 unspecified atom stereocenters. The van der Waals surface area contributed by atoms with Gasteiger partial charge < -0.3 is 11.1 Å². The number of fused-ring (bicyclic) bond motifs is 2. The summed E-state index contributed by atoms with van der Waals surface area (Å²) in [7, 11) is 0. The van der Waals surface area contributed by atoms with Crippen LogP contribution in [0.25, 0.3) is 0 Å². The van der Waals surface area contributed by atoms with Crippen molar-refractivity contribution < 1.29 is 4.79 Å². The first kappa shape index (κ1) is 12.6. The molecule has 2 fully saturated rings. The molecule has 0 spiro atoms. The molecule has 17 heavy (non-hydrogen) atoms. The Balaban J connectivity index is 2.20. The van der Waals surface area contributed by atoms with Gasteiger partial charge in [0.1, 0.15) is 0 Å². The predicted molar refractivity (Wildman–Crippen MR) is 69.3 cm³/mol. The van der Waals surface area contributed by atoms with Crippen LogP contribution in [0.1, 0.15) is 40.5 Å². The molecule has 4 atom stereocenters. The first-order valence-corrected chi connectivity index (χ1v) is 6.42. The largest absolute Gasteiger partial charge is 0.349 e. The summed E-state index contributed by atoms with van der Waals surface area (Å²) in [4.78, 5) is 11.8. The highest BCUT2D eigenvalue weighted by Gasteiger charge is 2.64. The molecule has 0 aliphatic heterocycles. The van der Waals surface area contributed by atoms with Crippen LogP contribution in [0.2, 0.25) is 0 Å². The Labute approximate surface area is 104 Å². The van der Waals surface area contributed by atoms with Crippen LogP contribution in [0.3, 0.4) is 0 Å². The molecule has 96 valence electrons. The molecule has 0 heterocycles. The molecule has 2 aliphatic carbocycles. The normalized spacial score (nSPS) is 42.5. The van der Waals surface area contributed by atoms with Crippen molar-refractivity contribution >= 4 is 5.91 Å². The second-order valence-electron chi connectivity index (χ2n) is 6.66. The van der Waals surface area contributed by atoms with E-state index in [1.165, 1.54) is 0 Å². The number of carbonyl (C=O) groups excluding carboxylic acids is 1. The molecule has 0 aromatic carbocycles. The molecule has 0 radical (unpaired) electrons. The van der Waals surface area contributed by atoms with E-state index in [2.05, 4.69) is 32.7 Å². The zero-order chi connectivity index (χ0) is 13.0.